The molecule has 162 valence electrons. The Bertz CT molecular complexity index is 1300. The van der Waals surface area contributed by atoms with Crippen molar-refractivity contribution >= 4 is 32.7 Å². The van der Waals surface area contributed by atoms with Crippen molar-refractivity contribution in [3.05, 3.63) is 76.6 Å². The Labute approximate surface area is 193 Å². The maximum atomic E-state index is 5.96. The molecule has 0 spiro atoms. The largest absolute Gasteiger partial charge is 0.489 e. The monoisotopic (exact) mass is 492 g/mol. The number of aromatic nitrogens is 2. The lowest BCUT2D eigenvalue weighted by Crippen LogP contribution is -2.35. The van der Waals surface area contributed by atoms with Crippen molar-refractivity contribution < 1.29 is 13.8 Å². The summed E-state index contributed by atoms with van der Waals surface area (Å²) >= 11 is 3.45. The van der Waals surface area contributed by atoms with Gasteiger partial charge in [0, 0.05) is 10.0 Å². The molecule has 4 aromatic rings. The van der Waals surface area contributed by atoms with Gasteiger partial charge in [0.05, 0.1) is 6.54 Å². The predicted octanol–water partition coefficient (Wildman–Crippen LogP) is 4.35. The average Bonchev–Trinajstić information content (AvgIpc) is 3.48. The number of nitrogens with zero attached hydrogens (tertiary/aromatic N) is 3. The summed E-state index contributed by atoms with van der Waals surface area (Å²) in [6, 6.07) is 20.2. The van der Waals surface area contributed by atoms with Gasteiger partial charge in [0.15, 0.2) is 6.04 Å². The van der Waals surface area contributed by atoms with Gasteiger partial charge < -0.3 is 9.26 Å². The fourth-order valence-corrected chi connectivity index (χ4v) is 4.28. The molecule has 0 unspecified atom stereocenters. The number of rotatable bonds is 5. The molecular formula is C24H23BrN5O2+. The fraction of sp³-hybridized carbons (Fsp3) is 0.208. The van der Waals surface area contributed by atoms with Crippen molar-refractivity contribution in [3.8, 4) is 17.1 Å². The minimum Gasteiger partial charge on any atom is -0.489 e. The molecule has 1 fully saturated rings. The molecule has 32 heavy (non-hydrogen) atoms. The second-order valence-electron chi connectivity index (χ2n) is 7.87. The van der Waals surface area contributed by atoms with Crippen LogP contribution in [0.5, 0.6) is 5.75 Å². The Kier molecular flexibility index (Phi) is 5.53. The summed E-state index contributed by atoms with van der Waals surface area (Å²) in [5, 5.41) is 6.34. The Morgan fingerprint density at radius 2 is 1.84 bits per heavy atom. The third-order valence-electron chi connectivity index (χ3n) is 5.70. The minimum atomic E-state index is -0.0628. The molecule has 3 aromatic carbocycles. The van der Waals surface area contributed by atoms with E-state index in [1.807, 2.05) is 59.2 Å². The number of halogens is 1. The molecule has 2 heterocycles. The fourth-order valence-electron chi connectivity index (χ4n) is 4.02. The van der Waals surface area contributed by atoms with Crippen LogP contribution in [0.3, 0.4) is 0 Å². The van der Waals surface area contributed by atoms with Crippen LogP contribution in [0.4, 0.5) is 0 Å². The van der Waals surface area contributed by atoms with Crippen molar-refractivity contribution in [2.45, 2.75) is 25.5 Å². The van der Waals surface area contributed by atoms with E-state index in [4.69, 9.17) is 20.7 Å². The predicted molar refractivity (Wildman–Crippen MR) is 126 cm³/mol. The van der Waals surface area contributed by atoms with Crippen molar-refractivity contribution in [3.63, 3.8) is 0 Å². The molecule has 1 aromatic heterocycles. The zero-order valence-corrected chi connectivity index (χ0v) is 19.0. The van der Waals surface area contributed by atoms with Crippen LogP contribution in [0.1, 0.15) is 30.3 Å². The highest BCUT2D eigenvalue weighted by Crippen LogP contribution is 2.30. The molecule has 4 N–H and O–H groups in total. The second-order valence-corrected chi connectivity index (χ2v) is 8.79. The van der Waals surface area contributed by atoms with Crippen LogP contribution in [0, 0.1) is 0 Å². The van der Waals surface area contributed by atoms with Crippen molar-refractivity contribution in [1.29, 1.82) is 0 Å². The van der Waals surface area contributed by atoms with Crippen LogP contribution < -0.4 is 16.2 Å². The van der Waals surface area contributed by atoms with Crippen LogP contribution in [0.2, 0.25) is 0 Å². The third kappa shape index (κ3) is 4.18. The lowest BCUT2D eigenvalue weighted by Gasteiger charge is -2.08. The Balaban J connectivity index is 1.34. The minimum absolute atomic E-state index is 0.0628. The standard InChI is InChI=1S/C24H22BrN5O2/c25-19-8-3-15(4-9-19)14-31-20-10-7-16-12-18(6-5-17(16)13-20)22-28-23(32-29-22)21-2-1-11-30(21)24(26)27/h3-10,12-13,21H,1-2,11,14H2,(H3,26,27)/p+1/t21-/m0/s1. The number of fused-ring (bicyclic) bond motifs is 1. The Hall–Kier alpha value is -3.39. The smallest absolute Gasteiger partial charge is 0.341 e. The van der Waals surface area contributed by atoms with Crippen LogP contribution in [0.15, 0.2) is 69.7 Å². The van der Waals surface area contributed by atoms with Crippen LogP contribution in [0.25, 0.3) is 22.2 Å². The zero-order chi connectivity index (χ0) is 22.1. The van der Waals surface area contributed by atoms with E-state index in [9.17, 15) is 0 Å². The number of hydrogen-bond acceptors (Lipinski definition) is 4. The maximum Gasteiger partial charge on any atom is 0.341 e. The van der Waals surface area contributed by atoms with Gasteiger partial charge in [0.2, 0.25) is 5.82 Å². The quantitative estimate of drug-likeness (QED) is 0.317. The maximum absolute atomic E-state index is 5.96. The van der Waals surface area contributed by atoms with E-state index in [1.165, 1.54) is 0 Å². The van der Waals surface area contributed by atoms with Crippen molar-refractivity contribution in [2.75, 3.05) is 6.54 Å². The summed E-state index contributed by atoms with van der Waals surface area (Å²) in [6.45, 7) is 1.32. The van der Waals surface area contributed by atoms with Gasteiger partial charge in [0.1, 0.15) is 12.4 Å². The van der Waals surface area contributed by atoms with E-state index in [2.05, 4.69) is 32.1 Å². The van der Waals surface area contributed by atoms with Crippen LogP contribution in [-0.4, -0.2) is 27.2 Å². The van der Waals surface area contributed by atoms with Gasteiger partial charge in [-0.1, -0.05) is 51.4 Å². The molecule has 0 aliphatic carbocycles. The second kappa shape index (κ2) is 8.63. The normalized spacial score (nSPS) is 15.9. The summed E-state index contributed by atoms with van der Waals surface area (Å²) in [5.41, 5.74) is 13.6. The van der Waals surface area contributed by atoms with E-state index >= 15 is 0 Å². The van der Waals surface area contributed by atoms with E-state index in [0.717, 1.165) is 51.5 Å². The summed E-state index contributed by atoms with van der Waals surface area (Å²) < 4.78 is 14.5. The molecule has 1 aliphatic rings. The molecule has 1 saturated heterocycles. The molecule has 1 atom stereocenters. The first kappa shape index (κ1) is 20.5. The van der Waals surface area contributed by atoms with Gasteiger partial charge in [0.25, 0.3) is 5.89 Å². The van der Waals surface area contributed by atoms with E-state index in [-0.39, 0.29) is 12.0 Å². The molecule has 8 heteroatoms. The van der Waals surface area contributed by atoms with Crippen molar-refractivity contribution in [1.82, 2.24) is 10.1 Å². The first-order chi connectivity index (χ1) is 15.6. The summed E-state index contributed by atoms with van der Waals surface area (Å²) in [7, 11) is 0. The average molecular weight is 493 g/mol. The van der Waals surface area contributed by atoms with E-state index < -0.39 is 0 Å². The summed E-state index contributed by atoms with van der Waals surface area (Å²) in [5.74, 6) is 2.21. The summed E-state index contributed by atoms with van der Waals surface area (Å²) in [6.07, 6.45) is 1.88. The number of benzene rings is 3. The molecule has 1 aliphatic heterocycles. The lowest BCUT2D eigenvalue weighted by atomic mass is 10.1. The molecule has 0 amide bonds. The third-order valence-corrected chi connectivity index (χ3v) is 6.23. The van der Waals surface area contributed by atoms with Gasteiger partial charge in [-0.25, -0.2) is 0 Å². The molecule has 0 bridgehead atoms. The Morgan fingerprint density at radius 3 is 2.66 bits per heavy atom. The number of ether oxygens (including phenoxy) is 1. The van der Waals surface area contributed by atoms with Gasteiger partial charge in [-0.3, -0.25) is 16.0 Å². The van der Waals surface area contributed by atoms with Gasteiger partial charge in [-0.05, 0) is 59.5 Å². The van der Waals surface area contributed by atoms with Crippen LogP contribution >= 0.6 is 15.9 Å². The molecule has 0 saturated carbocycles. The highest BCUT2D eigenvalue weighted by molar-refractivity contribution is 9.10. The summed E-state index contributed by atoms with van der Waals surface area (Å²) in [4.78, 5) is 4.62. The number of nitrogens with two attached hydrogens (primary N) is 2. The van der Waals surface area contributed by atoms with Gasteiger partial charge in [-0.2, -0.15) is 4.98 Å². The molecular weight excluding hydrogens is 470 g/mol. The van der Waals surface area contributed by atoms with E-state index in [1.54, 1.807) is 0 Å². The molecule has 7 nitrogen and oxygen atoms in total. The van der Waals surface area contributed by atoms with Gasteiger partial charge in [-0.15, -0.1) is 0 Å². The number of guanidine groups is 1. The SMILES string of the molecule is NC(N)=[N+]1CCC[C@H]1c1nc(-c2ccc3cc(OCc4ccc(Br)cc4)ccc3c2)no1. The zero-order valence-electron chi connectivity index (χ0n) is 17.4. The molecule has 0 radical (unpaired) electrons. The van der Waals surface area contributed by atoms with Crippen molar-refractivity contribution in [2.24, 2.45) is 11.5 Å². The topological polar surface area (TPSA) is 103 Å². The van der Waals surface area contributed by atoms with Crippen LogP contribution in [-0.2, 0) is 6.61 Å². The highest BCUT2D eigenvalue weighted by atomic mass is 79.9. The number of hydrogen-bond donors (Lipinski definition) is 2. The highest BCUT2D eigenvalue weighted by Gasteiger charge is 2.31. The van der Waals surface area contributed by atoms with Gasteiger partial charge >= 0.3 is 5.96 Å². The van der Waals surface area contributed by atoms with E-state index in [0.29, 0.717) is 18.3 Å². The Morgan fingerprint density at radius 1 is 1.06 bits per heavy atom. The first-order valence-corrected chi connectivity index (χ1v) is 11.3. The molecule has 5 rings (SSSR count). The first-order valence-electron chi connectivity index (χ1n) is 10.5. The lowest BCUT2D eigenvalue weighted by molar-refractivity contribution is -0.555.